The maximum absolute atomic E-state index is 3.42. The molecule has 1 nitrogen and oxygen atoms in total. The van der Waals surface area contributed by atoms with Crippen LogP contribution in [0.4, 0.5) is 5.69 Å². The summed E-state index contributed by atoms with van der Waals surface area (Å²) >= 11 is 0. The lowest BCUT2D eigenvalue weighted by molar-refractivity contribution is 0.593. The molecule has 0 aliphatic carbocycles. The summed E-state index contributed by atoms with van der Waals surface area (Å²) in [5.41, 5.74) is 2.54. The van der Waals surface area contributed by atoms with Crippen LogP contribution in [0.2, 0.25) is 0 Å². The fraction of sp³-hybridized carbons (Fsp3) is 0.500. The van der Waals surface area contributed by atoms with Crippen molar-refractivity contribution >= 4 is 5.69 Å². The fourth-order valence-corrected chi connectivity index (χ4v) is 1.11. The van der Waals surface area contributed by atoms with Crippen LogP contribution < -0.4 is 5.32 Å². The topological polar surface area (TPSA) is 12.0 Å². The van der Waals surface area contributed by atoms with Crippen molar-refractivity contribution in [3.8, 4) is 0 Å². The molecule has 0 saturated heterocycles. The molecule has 0 bridgehead atoms. The molecule has 1 aromatic carbocycles. The van der Waals surface area contributed by atoms with Gasteiger partial charge in [-0.3, -0.25) is 0 Å². The van der Waals surface area contributed by atoms with E-state index < -0.39 is 0 Å². The Labute approximate surface area is 81.2 Å². The molecule has 72 valence electrons. The summed E-state index contributed by atoms with van der Waals surface area (Å²) < 4.78 is 0. The second-order valence-electron chi connectivity index (χ2n) is 3.76. The molecular formula is C12H19N. The largest absolute Gasteiger partial charge is 0.385 e. The molecule has 0 amide bonds. The van der Waals surface area contributed by atoms with Crippen LogP contribution in [-0.2, 0) is 0 Å². The molecule has 0 saturated carbocycles. The first-order chi connectivity index (χ1) is 6.22. The molecule has 0 aliphatic heterocycles. The molecule has 0 aromatic heterocycles. The average molecular weight is 177 g/mol. The molecule has 0 fully saturated rings. The Hall–Kier alpha value is -0.980. The summed E-state index contributed by atoms with van der Waals surface area (Å²) in [6, 6.07) is 8.55. The molecule has 13 heavy (non-hydrogen) atoms. The lowest BCUT2D eigenvalue weighted by Gasteiger charge is -2.11. The highest BCUT2D eigenvalue weighted by Crippen LogP contribution is 2.10. The molecule has 1 heteroatoms. The predicted molar refractivity (Wildman–Crippen MR) is 59.1 cm³/mol. The average Bonchev–Trinajstić information content (AvgIpc) is 2.16. The van der Waals surface area contributed by atoms with Crippen LogP contribution in [0.15, 0.2) is 24.3 Å². The van der Waals surface area contributed by atoms with Crippen LogP contribution in [0, 0.1) is 12.8 Å². The van der Waals surface area contributed by atoms with Crippen molar-refractivity contribution in [3.05, 3.63) is 29.8 Å². The van der Waals surface area contributed by atoms with Gasteiger partial charge in [-0.15, -0.1) is 0 Å². The monoisotopic (exact) mass is 177 g/mol. The van der Waals surface area contributed by atoms with Crippen molar-refractivity contribution in [2.75, 3.05) is 11.9 Å². The molecule has 0 radical (unpaired) electrons. The van der Waals surface area contributed by atoms with Gasteiger partial charge in [0.25, 0.3) is 0 Å². The van der Waals surface area contributed by atoms with E-state index in [2.05, 4.69) is 50.4 Å². The van der Waals surface area contributed by atoms with Gasteiger partial charge in [0.2, 0.25) is 0 Å². The first kappa shape index (κ1) is 10.1. The van der Waals surface area contributed by atoms with E-state index in [1.807, 2.05) is 0 Å². The van der Waals surface area contributed by atoms with Gasteiger partial charge in [-0.1, -0.05) is 38.0 Å². The number of nitrogens with one attached hydrogen (secondary N) is 1. The Morgan fingerprint density at radius 2 is 1.85 bits per heavy atom. The number of hydrogen-bond donors (Lipinski definition) is 1. The summed E-state index contributed by atoms with van der Waals surface area (Å²) in [6.45, 7) is 7.67. The minimum atomic E-state index is 0.751. The van der Waals surface area contributed by atoms with Gasteiger partial charge < -0.3 is 5.32 Å². The molecule has 0 spiro atoms. The van der Waals surface area contributed by atoms with E-state index in [4.69, 9.17) is 0 Å². The highest BCUT2D eigenvalue weighted by molar-refractivity contribution is 5.44. The lowest BCUT2D eigenvalue weighted by atomic mass is 10.1. The summed E-state index contributed by atoms with van der Waals surface area (Å²) in [6.07, 6.45) is 1.23. The second kappa shape index (κ2) is 4.90. The van der Waals surface area contributed by atoms with Gasteiger partial charge in [0.1, 0.15) is 0 Å². The Balaban J connectivity index is 2.41. The number of aryl methyl sites for hydroxylation is 1. The van der Waals surface area contributed by atoms with E-state index in [0.717, 1.165) is 12.5 Å². The van der Waals surface area contributed by atoms with Crippen LogP contribution in [0.3, 0.4) is 0 Å². The third-order valence-electron chi connectivity index (χ3n) is 2.40. The van der Waals surface area contributed by atoms with Crippen molar-refractivity contribution in [3.63, 3.8) is 0 Å². The quantitative estimate of drug-likeness (QED) is 0.742. The molecule has 0 unspecified atom stereocenters. The summed E-state index contributed by atoms with van der Waals surface area (Å²) in [4.78, 5) is 0. The SMILES string of the molecule is CC[C@@H](C)CNc1ccc(C)cc1. The third-order valence-corrected chi connectivity index (χ3v) is 2.40. The molecule has 1 aromatic rings. The predicted octanol–water partition coefficient (Wildman–Crippen LogP) is 3.45. The van der Waals surface area contributed by atoms with Crippen molar-refractivity contribution in [2.45, 2.75) is 27.2 Å². The van der Waals surface area contributed by atoms with Gasteiger partial charge in [-0.05, 0) is 25.0 Å². The van der Waals surface area contributed by atoms with Gasteiger partial charge >= 0.3 is 0 Å². The molecular weight excluding hydrogens is 158 g/mol. The van der Waals surface area contributed by atoms with Crippen LogP contribution in [0.1, 0.15) is 25.8 Å². The lowest BCUT2D eigenvalue weighted by Crippen LogP contribution is -2.09. The number of rotatable bonds is 4. The van der Waals surface area contributed by atoms with Crippen molar-refractivity contribution < 1.29 is 0 Å². The molecule has 1 rings (SSSR count). The van der Waals surface area contributed by atoms with Gasteiger partial charge in [0.05, 0.1) is 0 Å². The van der Waals surface area contributed by atoms with Gasteiger partial charge in [-0.25, -0.2) is 0 Å². The zero-order valence-electron chi connectivity index (χ0n) is 8.80. The standard InChI is InChI=1S/C12H19N/c1-4-10(2)9-13-12-7-5-11(3)6-8-12/h5-8,10,13H,4,9H2,1-3H3/t10-/m1/s1. The highest BCUT2D eigenvalue weighted by atomic mass is 14.9. The van der Waals surface area contributed by atoms with E-state index in [1.165, 1.54) is 17.7 Å². The summed E-state index contributed by atoms with van der Waals surface area (Å²) in [7, 11) is 0. The third kappa shape index (κ3) is 3.49. The van der Waals surface area contributed by atoms with Crippen molar-refractivity contribution in [1.82, 2.24) is 0 Å². The Kier molecular flexibility index (Phi) is 3.81. The molecule has 0 aliphatic rings. The Morgan fingerprint density at radius 1 is 1.23 bits per heavy atom. The number of anilines is 1. The smallest absolute Gasteiger partial charge is 0.0340 e. The molecule has 1 N–H and O–H groups in total. The van der Waals surface area contributed by atoms with E-state index >= 15 is 0 Å². The second-order valence-corrected chi connectivity index (χ2v) is 3.76. The van der Waals surface area contributed by atoms with E-state index in [0.29, 0.717) is 0 Å². The van der Waals surface area contributed by atoms with Gasteiger partial charge in [-0.2, -0.15) is 0 Å². The Bertz CT molecular complexity index is 238. The fourth-order valence-electron chi connectivity index (χ4n) is 1.11. The maximum Gasteiger partial charge on any atom is 0.0340 e. The zero-order valence-corrected chi connectivity index (χ0v) is 8.80. The van der Waals surface area contributed by atoms with E-state index in [-0.39, 0.29) is 0 Å². The minimum Gasteiger partial charge on any atom is -0.385 e. The maximum atomic E-state index is 3.42. The molecule has 1 atom stereocenters. The van der Waals surface area contributed by atoms with Crippen molar-refractivity contribution in [2.24, 2.45) is 5.92 Å². The first-order valence-corrected chi connectivity index (χ1v) is 5.03. The number of benzene rings is 1. The first-order valence-electron chi connectivity index (χ1n) is 5.03. The van der Waals surface area contributed by atoms with E-state index in [9.17, 15) is 0 Å². The Morgan fingerprint density at radius 3 is 2.38 bits per heavy atom. The zero-order chi connectivity index (χ0) is 9.68. The van der Waals surface area contributed by atoms with Crippen molar-refractivity contribution in [1.29, 1.82) is 0 Å². The molecule has 0 heterocycles. The normalized spacial score (nSPS) is 12.5. The van der Waals surface area contributed by atoms with Crippen LogP contribution in [0.5, 0.6) is 0 Å². The number of hydrogen-bond acceptors (Lipinski definition) is 1. The van der Waals surface area contributed by atoms with Gasteiger partial charge in [0.15, 0.2) is 0 Å². The van der Waals surface area contributed by atoms with Gasteiger partial charge in [0, 0.05) is 12.2 Å². The summed E-state index contributed by atoms with van der Waals surface area (Å²) in [5.74, 6) is 0.751. The minimum absolute atomic E-state index is 0.751. The summed E-state index contributed by atoms with van der Waals surface area (Å²) in [5, 5.41) is 3.42. The van der Waals surface area contributed by atoms with Crippen LogP contribution in [-0.4, -0.2) is 6.54 Å². The highest BCUT2D eigenvalue weighted by Gasteiger charge is 1.97. The van der Waals surface area contributed by atoms with Crippen LogP contribution >= 0.6 is 0 Å². The van der Waals surface area contributed by atoms with E-state index in [1.54, 1.807) is 0 Å². The van der Waals surface area contributed by atoms with Crippen LogP contribution in [0.25, 0.3) is 0 Å².